The fraction of sp³-hybridized carbons (Fsp3) is 0.280. The highest BCUT2D eigenvalue weighted by molar-refractivity contribution is 5.95. The first-order valence-corrected chi connectivity index (χ1v) is 11.0. The van der Waals surface area contributed by atoms with Gasteiger partial charge in [0.15, 0.2) is 0 Å². The minimum atomic E-state index is -0.165. The standard InChI is InChI=1S/C25H25N5O3/c1-16-22(24(31)26-14-17-6-12-21(32-2)13-7-17)15-30(28-16)20-10-8-18(9-11-20)23-27-25(33-29-23)19-4-3-5-19/h6-13,15,19H,3-5,14H2,1-2H3,(H,26,31). The van der Waals surface area contributed by atoms with E-state index in [2.05, 4.69) is 20.6 Å². The van der Waals surface area contributed by atoms with Gasteiger partial charge in [-0.15, -0.1) is 0 Å². The van der Waals surface area contributed by atoms with E-state index in [1.54, 1.807) is 18.0 Å². The third-order valence-corrected chi connectivity index (χ3v) is 6.04. The van der Waals surface area contributed by atoms with Gasteiger partial charge in [0, 0.05) is 24.2 Å². The van der Waals surface area contributed by atoms with Crippen LogP contribution in [-0.2, 0) is 6.54 Å². The molecule has 8 nitrogen and oxygen atoms in total. The molecule has 1 amide bonds. The lowest BCUT2D eigenvalue weighted by Gasteiger charge is -2.20. The minimum absolute atomic E-state index is 0.165. The lowest BCUT2D eigenvalue weighted by Crippen LogP contribution is -2.23. The van der Waals surface area contributed by atoms with Crippen molar-refractivity contribution in [2.24, 2.45) is 0 Å². The Balaban J connectivity index is 1.26. The van der Waals surface area contributed by atoms with Gasteiger partial charge < -0.3 is 14.6 Å². The molecule has 0 radical (unpaired) electrons. The predicted octanol–water partition coefficient (Wildman–Crippen LogP) is 4.44. The summed E-state index contributed by atoms with van der Waals surface area (Å²) in [6.45, 7) is 2.25. The van der Waals surface area contributed by atoms with Crippen molar-refractivity contribution < 1.29 is 14.1 Å². The molecule has 0 atom stereocenters. The van der Waals surface area contributed by atoms with E-state index >= 15 is 0 Å². The number of carbonyl (C=O) groups excluding carboxylic acids is 1. The van der Waals surface area contributed by atoms with Crippen LogP contribution >= 0.6 is 0 Å². The monoisotopic (exact) mass is 443 g/mol. The second-order valence-corrected chi connectivity index (χ2v) is 8.23. The summed E-state index contributed by atoms with van der Waals surface area (Å²) in [6.07, 6.45) is 5.21. The van der Waals surface area contributed by atoms with Crippen LogP contribution in [0.25, 0.3) is 17.1 Å². The van der Waals surface area contributed by atoms with Crippen LogP contribution in [0.5, 0.6) is 5.75 Å². The van der Waals surface area contributed by atoms with E-state index in [9.17, 15) is 4.79 Å². The highest BCUT2D eigenvalue weighted by Gasteiger charge is 2.25. The van der Waals surface area contributed by atoms with Crippen molar-refractivity contribution >= 4 is 5.91 Å². The Hall–Kier alpha value is -3.94. The molecule has 1 aliphatic carbocycles. The summed E-state index contributed by atoms with van der Waals surface area (Å²) >= 11 is 0. The van der Waals surface area contributed by atoms with Gasteiger partial charge in [-0.05, 0) is 61.7 Å². The molecule has 5 rings (SSSR count). The van der Waals surface area contributed by atoms with Crippen molar-refractivity contribution in [2.75, 3.05) is 7.11 Å². The second-order valence-electron chi connectivity index (χ2n) is 8.23. The van der Waals surface area contributed by atoms with Gasteiger partial charge in [-0.25, -0.2) is 4.68 Å². The maximum Gasteiger partial charge on any atom is 0.255 e. The number of nitrogens with zero attached hydrogens (tertiary/aromatic N) is 4. The first-order valence-electron chi connectivity index (χ1n) is 11.0. The summed E-state index contributed by atoms with van der Waals surface area (Å²) in [5.74, 6) is 2.35. The topological polar surface area (TPSA) is 95.1 Å². The molecule has 8 heteroatoms. The molecule has 2 heterocycles. The van der Waals surface area contributed by atoms with E-state index < -0.39 is 0 Å². The normalized spacial score (nSPS) is 13.5. The lowest BCUT2D eigenvalue weighted by atomic mass is 9.85. The van der Waals surface area contributed by atoms with Crippen LogP contribution in [0.3, 0.4) is 0 Å². The van der Waals surface area contributed by atoms with Gasteiger partial charge in [0.25, 0.3) is 5.91 Å². The van der Waals surface area contributed by atoms with E-state index in [1.807, 2.05) is 55.5 Å². The summed E-state index contributed by atoms with van der Waals surface area (Å²) in [5, 5.41) is 11.6. The molecule has 0 saturated heterocycles. The molecule has 0 spiro atoms. The number of aromatic nitrogens is 4. The summed E-state index contributed by atoms with van der Waals surface area (Å²) < 4.78 is 12.3. The largest absolute Gasteiger partial charge is 0.497 e. The van der Waals surface area contributed by atoms with Gasteiger partial charge in [-0.1, -0.05) is 23.7 Å². The van der Waals surface area contributed by atoms with Crippen molar-refractivity contribution in [1.29, 1.82) is 0 Å². The molecule has 0 aliphatic heterocycles. The third-order valence-electron chi connectivity index (χ3n) is 6.04. The Morgan fingerprint density at radius 2 is 1.91 bits per heavy atom. The van der Waals surface area contributed by atoms with Crippen molar-refractivity contribution in [3.63, 3.8) is 0 Å². The number of hydrogen-bond acceptors (Lipinski definition) is 6. The zero-order chi connectivity index (χ0) is 22.8. The molecule has 2 aromatic heterocycles. The zero-order valence-corrected chi connectivity index (χ0v) is 18.6. The van der Waals surface area contributed by atoms with E-state index in [0.29, 0.717) is 29.5 Å². The Morgan fingerprint density at radius 1 is 1.15 bits per heavy atom. The lowest BCUT2D eigenvalue weighted by molar-refractivity contribution is 0.0950. The van der Waals surface area contributed by atoms with Crippen molar-refractivity contribution in [3.05, 3.63) is 77.4 Å². The summed E-state index contributed by atoms with van der Waals surface area (Å²) in [4.78, 5) is 17.3. The summed E-state index contributed by atoms with van der Waals surface area (Å²) in [5.41, 5.74) is 3.92. The Morgan fingerprint density at radius 3 is 2.58 bits per heavy atom. The van der Waals surface area contributed by atoms with E-state index in [-0.39, 0.29) is 5.91 Å². The van der Waals surface area contributed by atoms with Crippen LogP contribution in [-0.4, -0.2) is 32.9 Å². The number of aryl methyl sites for hydroxylation is 1. The maximum absolute atomic E-state index is 12.7. The molecule has 0 unspecified atom stereocenters. The van der Waals surface area contributed by atoms with Gasteiger partial charge in [-0.2, -0.15) is 10.1 Å². The maximum atomic E-state index is 12.7. The molecule has 2 aromatic carbocycles. The Labute approximate surface area is 191 Å². The number of rotatable bonds is 7. The van der Waals surface area contributed by atoms with Crippen LogP contribution in [0.2, 0.25) is 0 Å². The van der Waals surface area contributed by atoms with Crippen LogP contribution < -0.4 is 10.1 Å². The number of amides is 1. The van der Waals surface area contributed by atoms with E-state index in [4.69, 9.17) is 9.26 Å². The summed E-state index contributed by atoms with van der Waals surface area (Å²) in [7, 11) is 1.63. The number of benzene rings is 2. The number of nitrogens with one attached hydrogen (secondary N) is 1. The van der Waals surface area contributed by atoms with Crippen LogP contribution in [0.1, 0.15) is 52.7 Å². The smallest absolute Gasteiger partial charge is 0.255 e. The molecule has 33 heavy (non-hydrogen) atoms. The first-order chi connectivity index (χ1) is 16.1. The molecule has 0 bridgehead atoms. The third kappa shape index (κ3) is 4.37. The quantitative estimate of drug-likeness (QED) is 0.454. The van der Waals surface area contributed by atoms with Gasteiger partial charge in [0.05, 0.1) is 24.1 Å². The summed E-state index contributed by atoms with van der Waals surface area (Å²) in [6, 6.07) is 15.3. The number of ether oxygens (including phenoxy) is 1. The SMILES string of the molecule is COc1ccc(CNC(=O)c2cn(-c3ccc(-c4noc(C5CCC5)n4)cc3)nc2C)cc1. The second kappa shape index (κ2) is 8.90. The average molecular weight is 444 g/mol. The zero-order valence-electron chi connectivity index (χ0n) is 18.6. The fourth-order valence-corrected chi connectivity index (χ4v) is 3.77. The Bertz CT molecular complexity index is 1250. The molecular weight excluding hydrogens is 418 g/mol. The number of carbonyl (C=O) groups is 1. The van der Waals surface area contributed by atoms with Gasteiger partial charge >= 0.3 is 0 Å². The molecule has 4 aromatic rings. The van der Waals surface area contributed by atoms with Crippen molar-refractivity contribution in [3.8, 4) is 22.8 Å². The van der Waals surface area contributed by atoms with Gasteiger partial charge in [0.2, 0.25) is 11.7 Å². The van der Waals surface area contributed by atoms with Crippen molar-refractivity contribution in [2.45, 2.75) is 38.6 Å². The van der Waals surface area contributed by atoms with Gasteiger partial charge in [0.1, 0.15) is 5.75 Å². The van der Waals surface area contributed by atoms with E-state index in [1.165, 1.54) is 6.42 Å². The first kappa shape index (κ1) is 20.9. The van der Waals surface area contributed by atoms with Crippen LogP contribution in [0, 0.1) is 6.92 Å². The Kier molecular flexibility index (Phi) is 5.64. The fourth-order valence-electron chi connectivity index (χ4n) is 3.77. The number of methoxy groups -OCH3 is 1. The highest BCUT2D eigenvalue weighted by atomic mass is 16.5. The minimum Gasteiger partial charge on any atom is -0.497 e. The van der Waals surface area contributed by atoms with Crippen LogP contribution in [0.4, 0.5) is 0 Å². The average Bonchev–Trinajstić information content (AvgIpc) is 3.44. The molecule has 1 fully saturated rings. The van der Waals surface area contributed by atoms with E-state index in [0.717, 1.165) is 41.3 Å². The molecule has 168 valence electrons. The van der Waals surface area contributed by atoms with Gasteiger partial charge in [-0.3, -0.25) is 4.79 Å². The highest BCUT2D eigenvalue weighted by Crippen LogP contribution is 2.36. The van der Waals surface area contributed by atoms with Crippen molar-refractivity contribution in [1.82, 2.24) is 25.2 Å². The van der Waals surface area contributed by atoms with Crippen LogP contribution in [0.15, 0.2) is 59.3 Å². The molecular formula is C25H25N5O3. The number of hydrogen-bond donors (Lipinski definition) is 1. The molecule has 1 saturated carbocycles. The molecule has 1 aliphatic rings. The predicted molar refractivity (Wildman–Crippen MR) is 122 cm³/mol. The molecule has 1 N–H and O–H groups in total.